The number of benzene rings is 1. The highest BCUT2D eigenvalue weighted by molar-refractivity contribution is 5.82. The number of carbonyl (C=O) groups excluding carboxylic acids is 1. The molecule has 1 aromatic carbocycles. The highest BCUT2D eigenvalue weighted by Gasteiger charge is 2.16. The minimum atomic E-state index is -0.162. The van der Waals surface area contributed by atoms with E-state index in [2.05, 4.69) is 10.3 Å². The number of aromatic amines is 1. The van der Waals surface area contributed by atoms with Crippen LogP contribution in [0.1, 0.15) is 25.8 Å². The van der Waals surface area contributed by atoms with Crippen LogP contribution in [0.2, 0.25) is 0 Å². The standard InChI is InChI=1S/C18H25N3O3/c1-13(2)19-18(23)21(9-6-10-24-3)12-14-11-17(22)20-16-8-5-4-7-15(14)16/h4-5,7-8,11,13H,6,9-10,12H2,1-3H3,(H,19,23)(H,20,22). The van der Waals surface area contributed by atoms with Gasteiger partial charge in [0.2, 0.25) is 5.56 Å². The van der Waals surface area contributed by atoms with Crippen molar-refractivity contribution in [3.63, 3.8) is 0 Å². The Hall–Kier alpha value is -2.34. The second kappa shape index (κ2) is 8.49. The summed E-state index contributed by atoms with van der Waals surface area (Å²) in [4.78, 5) is 28.9. The van der Waals surface area contributed by atoms with Gasteiger partial charge in [0.25, 0.3) is 0 Å². The van der Waals surface area contributed by atoms with Gasteiger partial charge < -0.3 is 19.9 Å². The molecular weight excluding hydrogens is 306 g/mol. The summed E-state index contributed by atoms with van der Waals surface area (Å²) >= 11 is 0. The third-order valence-corrected chi connectivity index (χ3v) is 3.67. The molecule has 0 aliphatic carbocycles. The quantitative estimate of drug-likeness (QED) is 0.766. The number of fused-ring (bicyclic) bond motifs is 1. The Balaban J connectivity index is 2.27. The topological polar surface area (TPSA) is 74.4 Å². The predicted octanol–water partition coefficient (Wildman–Crippen LogP) is 2.48. The lowest BCUT2D eigenvalue weighted by molar-refractivity contribution is 0.165. The Morgan fingerprint density at radius 2 is 2.08 bits per heavy atom. The van der Waals surface area contributed by atoms with Crippen LogP contribution in [0.4, 0.5) is 4.79 Å². The minimum absolute atomic E-state index is 0.0540. The summed E-state index contributed by atoms with van der Waals surface area (Å²) < 4.78 is 5.08. The van der Waals surface area contributed by atoms with Gasteiger partial charge in [-0.15, -0.1) is 0 Å². The third kappa shape index (κ3) is 4.83. The van der Waals surface area contributed by atoms with Gasteiger partial charge in [-0.2, -0.15) is 0 Å². The van der Waals surface area contributed by atoms with Gasteiger partial charge >= 0.3 is 6.03 Å². The molecule has 6 heteroatoms. The minimum Gasteiger partial charge on any atom is -0.385 e. The highest BCUT2D eigenvalue weighted by Crippen LogP contribution is 2.16. The van der Waals surface area contributed by atoms with Crippen molar-refractivity contribution in [2.45, 2.75) is 32.9 Å². The number of urea groups is 1. The summed E-state index contributed by atoms with van der Waals surface area (Å²) in [7, 11) is 1.64. The molecule has 24 heavy (non-hydrogen) atoms. The molecule has 0 radical (unpaired) electrons. The van der Waals surface area contributed by atoms with Crippen molar-refractivity contribution >= 4 is 16.9 Å². The van der Waals surface area contributed by atoms with Crippen molar-refractivity contribution in [3.05, 3.63) is 46.2 Å². The molecule has 0 saturated carbocycles. The summed E-state index contributed by atoms with van der Waals surface area (Å²) in [5.74, 6) is 0. The zero-order chi connectivity index (χ0) is 17.5. The maximum Gasteiger partial charge on any atom is 0.317 e. The van der Waals surface area contributed by atoms with Gasteiger partial charge in [0.05, 0.1) is 0 Å². The van der Waals surface area contributed by atoms with Crippen LogP contribution in [-0.4, -0.2) is 42.2 Å². The van der Waals surface area contributed by atoms with E-state index in [1.165, 1.54) is 0 Å². The summed E-state index contributed by atoms with van der Waals surface area (Å²) in [5, 5.41) is 3.86. The summed E-state index contributed by atoms with van der Waals surface area (Å²) in [6.07, 6.45) is 0.739. The van der Waals surface area contributed by atoms with Crippen LogP contribution in [0.5, 0.6) is 0 Å². The van der Waals surface area contributed by atoms with E-state index in [0.717, 1.165) is 22.9 Å². The van der Waals surface area contributed by atoms with Gasteiger partial charge in [0.15, 0.2) is 0 Å². The number of aromatic nitrogens is 1. The lowest BCUT2D eigenvalue weighted by Crippen LogP contribution is -2.43. The smallest absolute Gasteiger partial charge is 0.317 e. The Kier molecular flexibility index (Phi) is 6.37. The van der Waals surface area contributed by atoms with Crippen molar-refractivity contribution in [1.29, 1.82) is 0 Å². The number of H-pyrrole nitrogens is 1. The third-order valence-electron chi connectivity index (χ3n) is 3.67. The first-order valence-corrected chi connectivity index (χ1v) is 8.16. The number of rotatable bonds is 7. The number of nitrogens with zero attached hydrogens (tertiary/aromatic N) is 1. The lowest BCUT2D eigenvalue weighted by atomic mass is 10.1. The zero-order valence-corrected chi connectivity index (χ0v) is 14.5. The Morgan fingerprint density at radius 1 is 1.33 bits per heavy atom. The molecule has 2 aromatic rings. The van der Waals surface area contributed by atoms with Crippen LogP contribution in [-0.2, 0) is 11.3 Å². The van der Waals surface area contributed by atoms with Crippen LogP contribution in [0.3, 0.4) is 0 Å². The SMILES string of the molecule is COCCCN(Cc1cc(=O)[nH]c2ccccc12)C(=O)NC(C)C. The Labute approximate surface area is 141 Å². The van der Waals surface area contributed by atoms with Gasteiger partial charge in [-0.05, 0) is 31.9 Å². The first-order valence-electron chi connectivity index (χ1n) is 8.16. The molecule has 0 atom stereocenters. The molecule has 0 spiro atoms. The fraction of sp³-hybridized carbons (Fsp3) is 0.444. The van der Waals surface area contributed by atoms with E-state index in [-0.39, 0.29) is 17.6 Å². The fourth-order valence-corrected chi connectivity index (χ4v) is 2.60. The molecule has 0 aliphatic heterocycles. The van der Waals surface area contributed by atoms with Crippen molar-refractivity contribution in [2.24, 2.45) is 0 Å². The summed E-state index contributed by atoms with van der Waals surface area (Å²) in [5.41, 5.74) is 1.46. The Bertz CT molecular complexity index is 740. The van der Waals surface area contributed by atoms with E-state index in [0.29, 0.717) is 19.7 Å². The van der Waals surface area contributed by atoms with Crippen LogP contribution < -0.4 is 10.9 Å². The maximum absolute atomic E-state index is 12.5. The van der Waals surface area contributed by atoms with Crippen molar-refractivity contribution < 1.29 is 9.53 Å². The molecule has 0 fully saturated rings. The molecule has 0 aliphatic rings. The van der Waals surface area contributed by atoms with E-state index >= 15 is 0 Å². The number of pyridine rings is 1. The lowest BCUT2D eigenvalue weighted by Gasteiger charge is -2.25. The molecule has 1 aromatic heterocycles. The second-order valence-corrected chi connectivity index (χ2v) is 6.08. The number of carbonyl (C=O) groups is 1. The Morgan fingerprint density at radius 3 is 2.79 bits per heavy atom. The predicted molar refractivity (Wildman–Crippen MR) is 95.1 cm³/mol. The number of amides is 2. The molecule has 0 unspecified atom stereocenters. The van der Waals surface area contributed by atoms with Gasteiger partial charge in [0, 0.05) is 49.8 Å². The molecule has 0 saturated heterocycles. The molecular formula is C18H25N3O3. The molecule has 2 N–H and O–H groups in total. The largest absolute Gasteiger partial charge is 0.385 e. The molecule has 2 amide bonds. The van der Waals surface area contributed by atoms with Gasteiger partial charge in [-0.1, -0.05) is 18.2 Å². The van der Waals surface area contributed by atoms with Crippen LogP contribution in [0, 0.1) is 0 Å². The summed E-state index contributed by atoms with van der Waals surface area (Å²) in [6.45, 7) is 5.38. The molecule has 0 bridgehead atoms. The maximum atomic E-state index is 12.5. The average Bonchev–Trinajstić information content (AvgIpc) is 2.53. The molecule has 2 rings (SSSR count). The number of methoxy groups -OCH3 is 1. The first kappa shape index (κ1) is 18.0. The van der Waals surface area contributed by atoms with Crippen molar-refractivity contribution in [1.82, 2.24) is 15.2 Å². The fourth-order valence-electron chi connectivity index (χ4n) is 2.60. The van der Waals surface area contributed by atoms with Gasteiger partial charge in [0.1, 0.15) is 0 Å². The van der Waals surface area contributed by atoms with E-state index < -0.39 is 0 Å². The monoisotopic (exact) mass is 331 g/mol. The van der Waals surface area contributed by atoms with Crippen LogP contribution >= 0.6 is 0 Å². The summed E-state index contributed by atoms with van der Waals surface area (Å²) in [6, 6.07) is 9.10. The first-order chi connectivity index (χ1) is 11.5. The number of hydrogen-bond donors (Lipinski definition) is 2. The zero-order valence-electron chi connectivity index (χ0n) is 14.5. The van der Waals surface area contributed by atoms with E-state index in [1.807, 2.05) is 38.1 Å². The van der Waals surface area contributed by atoms with E-state index in [1.54, 1.807) is 18.1 Å². The highest BCUT2D eigenvalue weighted by atomic mass is 16.5. The van der Waals surface area contributed by atoms with Crippen molar-refractivity contribution in [2.75, 3.05) is 20.3 Å². The van der Waals surface area contributed by atoms with Crippen LogP contribution in [0.15, 0.2) is 35.1 Å². The number of ether oxygens (including phenoxy) is 1. The normalized spacial score (nSPS) is 11.0. The molecule has 130 valence electrons. The van der Waals surface area contributed by atoms with Crippen LogP contribution in [0.25, 0.3) is 10.9 Å². The molecule has 1 heterocycles. The van der Waals surface area contributed by atoms with Gasteiger partial charge in [-0.25, -0.2) is 4.79 Å². The van der Waals surface area contributed by atoms with E-state index in [9.17, 15) is 9.59 Å². The second-order valence-electron chi connectivity index (χ2n) is 6.08. The number of hydrogen-bond acceptors (Lipinski definition) is 3. The van der Waals surface area contributed by atoms with Crippen molar-refractivity contribution in [3.8, 4) is 0 Å². The van der Waals surface area contributed by atoms with Gasteiger partial charge in [-0.3, -0.25) is 4.79 Å². The van der Waals surface area contributed by atoms with E-state index in [4.69, 9.17) is 4.74 Å². The number of para-hydroxylation sites is 1. The average molecular weight is 331 g/mol. The molecule has 6 nitrogen and oxygen atoms in total. The number of nitrogens with one attached hydrogen (secondary N) is 2.